The zero-order valence-electron chi connectivity index (χ0n) is 26.0. The Morgan fingerprint density at radius 1 is 0.767 bits per heavy atom. The van der Waals surface area contributed by atoms with Gasteiger partial charge in [0.05, 0.1) is 4.90 Å². The summed E-state index contributed by atoms with van der Waals surface area (Å²) in [6.07, 6.45) is 9.40. The van der Waals surface area contributed by atoms with Crippen LogP contribution in [0.15, 0.2) is 59.5 Å². The highest BCUT2D eigenvalue weighted by atomic mass is 32.2. The monoisotopic (exact) mass is 633 g/mol. The van der Waals surface area contributed by atoms with Crippen molar-refractivity contribution in [3.8, 4) is 0 Å². The molecule has 0 spiro atoms. The molecule has 2 aromatic carbocycles. The highest BCUT2D eigenvalue weighted by molar-refractivity contribution is 7.89. The maximum Gasteiger partial charge on any atom is 0.279 e. The second-order valence-electron chi connectivity index (χ2n) is 12.3. The first-order valence-electron chi connectivity index (χ1n) is 15.9. The van der Waals surface area contributed by atoms with Crippen molar-refractivity contribution in [2.24, 2.45) is 5.92 Å². The smallest absolute Gasteiger partial charge is 0.279 e. The number of sulfonamides is 1. The lowest BCUT2D eigenvalue weighted by atomic mass is 9.89. The molecule has 2 fully saturated rings. The maximum absolute atomic E-state index is 13.0. The van der Waals surface area contributed by atoms with Gasteiger partial charge >= 0.3 is 0 Å². The van der Waals surface area contributed by atoms with Gasteiger partial charge < -0.3 is 9.80 Å². The molecule has 1 aliphatic heterocycles. The van der Waals surface area contributed by atoms with Gasteiger partial charge in [-0.2, -0.15) is 12.7 Å². The van der Waals surface area contributed by atoms with Crippen LogP contribution in [0.3, 0.4) is 0 Å². The molecule has 0 atom stereocenters. The molecule has 0 amide bonds. The standard InChI is InChI=1S/C32H51N5O4S2/c1-35(2)31-15-17-32(18-16-31)42(38,39)33-21-9-23-36(27-28-11-5-3-6-12-28)24-10-22-34-43(40,41)37-25-19-30(20-26-37)29-13-7-4-8-14-29/h4,7-8,13-18,28,30,33-34H,3,5-6,9-12,19-27H2,1-2H3. The number of benzene rings is 2. The molecular formula is C32H51N5O4S2. The fraction of sp³-hybridized carbons (Fsp3) is 0.625. The van der Waals surface area contributed by atoms with E-state index in [4.69, 9.17) is 0 Å². The molecule has 1 heterocycles. The van der Waals surface area contributed by atoms with Crippen molar-refractivity contribution in [3.63, 3.8) is 0 Å². The van der Waals surface area contributed by atoms with E-state index in [0.29, 0.717) is 44.4 Å². The van der Waals surface area contributed by atoms with E-state index in [1.807, 2.05) is 37.2 Å². The van der Waals surface area contributed by atoms with Crippen LogP contribution in [-0.2, 0) is 20.2 Å². The number of hydrogen-bond donors (Lipinski definition) is 2. The van der Waals surface area contributed by atoms with Gasteiger partial charge in [0, 0.05) is 52.5 Å². The summed E-state index contributed by atoms with van der Waals surface area (Å²) in [6, 6.07) is 17.2. The second-order valence-corrected chi connectivity index (χ2v) is 15.8. The Morgan fingerprint density at radius 3 is 1.98 bits per heavy atom. The third-order valence-electron chi connectivity index (χ3n) is 8.85. The number of nitrogens with one attached hydrogen (secondary N) is 2. The van der Waals surface area contributed by atoms with Gasteiger partial charge in [-0.15, -0.1) is 0 Å². The first-order valence-corrected chi connectivity index (χ1v) is 18.9. The van der Waals surface area contributed by atoms with E-state index < -0.39 is 20.2 Å². The third-order valence-corrected chi connectivity index (χ3v) is 11.9. The van der Waals surface area contributed by atoms with E-state index in [1.165, 1.54) is 37.7 Å². The number of hydrogen-bond acceptors (Lipinski definition) is 6. The molecular weight excluding hydrogens is 583 g/mol. The molecule has 1 saturated carbocycles. The molecule has 2 aromatic rings. The van der Waals surface area contributed by atoms with Crippen LogP contribution in [-0.4, -0.2) is 85.9 Å². The first-order chi connectivity index (χ1) is 20.6. The van der Waals surface area contributed by atoms with Gasteiger partial charge in [-0.3, -0.25) is 0 Å². The van der Waals surface area contributed by atoms with E-state index in [1.54, 1.807) is 28.6 Å². The summed E-state index contributed by atoms with van der Waals surface area (Å²) in [5.74, 6) is 1.07. The molecule has 240 valence electrons. The minimum Gasteiger partial charge on any atom is -0.378 e. The van der Waals surface area contributed by atoms with Gasteiger partial charge in [0.25, 0.3) is 10.2 Å². The molecule has 4 rings (SSSR count). The normalized spacial score (nSPS) is 17.8. The van der Waals surface area contributed by atoms with Crippen LogP contribution in [0.25, 0.3) is 0 Å². The van der Waals surface area contributed by atoms with E-state index in [2.05, 4.69) is 26.5 Å². The van der Waals surface area contributed by atoms with Crippen LogP contribution < -0.4 is 14.3 Å². The summed E-state index contributed by atoms with van der Waals surface area (Å²) in [5, 5.41) is 0. The number of nitrogens with zero attached hydrogens (tertiary/aromatic N) is 3. The Balaban J connectivity index is 1.21. The van der Waals surface area contributed by atoms with Crippen LogP contribution in [0.1, 0.15) is 69.3 Å². The van der Waals surface area contributed by atoms with Gasteiger partial charge in [-0.05, 0) is 93.3 Å². The van der Waals surface area contributed by atoms with Crippen molar-refractivity contribution >= 4 is 25.9 Å². The second kappa shape index (κ2) is 16.3. The summed E-state index contributed by atoms with van der Waals surface area (Å²) in [4.78, 5) is 4.61. The summed E-state index contributed by atoms with van der Waals surface area (Å²) in [5.41, 5.74) is 2.24. The molecule has 0 bridgehead atoms. The lowest BCUT2D eigenvalue weighted by molar-refractivity contribution is 0.197. The molecule has 2 aliphatic rings. The Kier molecular flexibility index (Phi) is 12.9. The first kappa shape index (κ1) is 33.9. The summed E-state index contributed by atoms with van der Waals surface area (Å²) < 4.78 is 58.8. The van der Waals surface area contributed by atoms with Crippen molar-refractivity contribution in [2.45, 2.75) is 68.6 Å². The van der Waals surface area contributed by atoms with E-state index >= 15 is 0 Å². The van der Waals surface area contributed by atoms with Gasteiger partial charge in [0.1, 0.15) is 0 Å². The van der Waals surface area contributed by atoms with Gasteiger partial charge in [0.15, 0.2) is 0 Å². The van der Waals surface area contributed by atoms with E-state index in [0.717, 1.165) is 44.6 Å². The lowest BCUT2D eigenvalue weighted by Gasteiger charge is -2.32. The van der Waals surface area contributed by atoms with E-state index in [9.17, 15) is 16.8 Å². The van der Waals surface area contributed by atoms with Crippen LogP contribution in [0.5, 0.6) is 0 Å². The highest BCUT2D eigenvalue weighted by Gasteiger charge is 2.28. The molecule has 2 N–H and O–H groups in total. The summed E-state index contributed by atoms with van der Waals surface area (Å²) in [6.45, 7) is 4.39. The minimum absolute atomic E-state index is 0.272. The zero-order valence-corrected chi connectivity index (χ0v) is 27.6. The van der Waals surface area contributed by atoms with Crippen LogP contribution >= 0.6 is 0 Å². The van der Waals surface area contributed by atoms with Crippen LogP contribution in [0.4, 0.5) is 5.69 Å². The lowest BCUT2D eigenvalue weighted by Crippen LogP contribution is -2.45. The summed E-state index contributed by atoms with van der Waals surface area (Å²) >= 11 is 0. The third kappa shape index (κ3) is 10.5. The van der Waals surface area contributed by atoms with Crippen molar-refractivity contribution < 1.29 is 16.8 Å². The van der Waals surface area contributed by atoms with Crippen molar-refractivity contribution in [3.05, 3.63) is 60.2 Å². The van der Waals surface area contributed by atoms with Crippen molar-refractivity contribution in [1.82, 2.24) is 18.6 Å². The predicted molar refractivity (Wildman–Crippen MR) is 175 cm³/mol. The van der Waals surface area contributed by atoms with Gasteiger partial charge in [-0.1, -0.05) is 49.6 Å². The predicted octanol–water partition coefficient (Wildman–Crippen LogP) is 4.41. The Bertz CT molecular complexity index is 1310. The largest absolute Gasteiger partial charge is 0.378 e. The minimum atomic E-state index is -3.56. The number of rotatable bonds is 16. The number of anilines is 1. The van der Waals surface area contributed by atoms with E-state index in [-0.39, 0.29) is 4.90 Å². The van der Waals surface area contributed by atoms with Crippen molar-refractivity contribution in [1.29, 1.82) is 0 Å². The zero-order chi connectivity index (χ0) is 30.7. The van der Waals surface area contributed by atoms with Gasteiger partial charge in [0.2, 0.25) is 10.0 Å². The molecule has 43 heavy (non-hydrogen) atoms. The van der Waals surface area contributed by atoms with Crippen molar-refractivity contribution in [2.75, 3.05) is 64.8 Å². The summed E-state index contributed by atoms with van der Waals surface area (Å²) in [7, 11) is -3.22. The maximum atomic E-state index is 13.0. The van der Waals surface area contributed by atoms with Crippen LogP contribution in [0, 0.1) is 5.92 Å². The topological polar surface area (TPSA) is 102 Å². The average molecular weight is 634 g/mol. The average Bonchev–Trinajstić information content (AvgIpc) is 3.02. The molecule has 1 saturated heterocycles. The molecule has 0 radical (unpaired) electrons. The Morgan fingerprint density at radius 2 is 1.37 bits per heavy atom. The number of piperidine rings is 1. The van der Waals surface area contributed by atoms with Gasteiger partial charge in [-0.25, -0.2) is 17.9 Å². The highest BCUT2D eigenvalue weighted by Crippen LogP contribution is 2.29. The molecule has 0 aromatic heterocycles. The quantitative estimate of drug-likeness (QED) is 0.266. The fourth-order valence-electron chi connectivity index (χ4n) is 6.29. The molecule has 0 unspecified atom stereocenters. The molecule has 1 aliphatic carbocycles. The Hall–Kier alpha value is -2.02. The molecule has 9 nitrogen and oxygen atoms in total. The molecule has 11 heteroatoms. The fourth-order valence-corrected chi connectivity index (χ4v) is 8.65. The van der Waals surface area contributed by atoms with Crippen LogP contribution in [0.2, 0.25) is 0 Å². The Labute approximate surface area is 260 Å². The SMILES string of the molecule is CN(C)c1ccc(S(=O)(=O)NCCCN(CCCNS(=O)(=O)N2CCC(c3ccccc3)CC2)CC2CCCCC2)cc1.